The van der Waals surface area contributed by atoms with E-state index in [0.29, 0.717) is 10.0 Å². The van der Waals surface area contributed by atoms with E-state index in [1.165, 1.54) is 0 Å². The molecule has 0 aliphatic heterocycles. The van der Waals surface area contributed by atoms with Crippen LogP contribution >= 0.6 is 23.2 Å². The zero-order chi connectivity index (χ0) is 13.8. The standard InChI is InChI=1S/C15H17Cl2NO/c1-18(2)9-3-4-12-6-8-15(19-12)13-10-11(16)5-7-14(13)17/h5-8,10H,3-4,9H2,1-2H3. The molecule has 0 atom stereocenters. The van der Waals surface area contributed by atoms with Gasteiger partial charge >= 0.3 is 0 Å². The van der Waals surface area contributed by atoms with Gasteiger partial charge in [-0.1, -0.05) is 23.2 Å². The van der Waals surface area contributed by atoms with Crippen LogP contribution in [0.15, 0.2) is 34.7 Å². The van der Waals surface area contributed by atoms with Crippen molar-refractivity contribution in [2.24, 2.45) is 0 Å². The lowest BCUT2D eigenvalue weighted by molar-refractivity contribution is 0.390. The van der Waals surface area contributed by atoms with Crippen LogP contribution in [0.1, 0.15) is 12.2 Å². The van der Waals surface area contributed by atoms with Gasteiger partial charge in [0.15, 0.2) is 0 Å². The summed E-state index contributed by atoms with van der Waals surface area (Å²) in [5, 5.41) is 1.31. The lowest BCUT2D eigenvalue weighted by Gasteiger charge is -2.07. The molecule has 0 bridgehead atoms. The number of nitrogens with zero attached hydrogens (tertiary/aromatic N) is 1. The molecule has 0 unspecified atom stereocenters. The lowest BCUT2D eigenvalue weighted by Crippen LogP contribution is -2.13. The SMILES string of the molecule is CN(C)CCCc1ccc(-c2cc(Cl)ccc2Cl)o1. The highest BCUT2D eigenvalue weighted by atomic mass is 35.5. The Kier molecular flexibility index (Phi) is 4.92. The van der Waals surface area contributed by atoms with Crippen LogP contribution in [0, 0.1) is 0 Å². The third-order valence-electron chi connectivity index (χ3n) is 2.88. The third-order valence-corrected chi connectivity index (χ3v) is 3.45. The summed E-state index contributed by atoms with van der Waals surface area (Å²) in [7, 11) is 4.14. The zero-order valence-electron chi connectivity index (χ0n) is 11.1. The van der Waals surface area contributed by atoms with Crippen molar-refractivity contribution in [3.63, 3.8) is 0 Å². The van der Waals surface area contributed by atoms with E-state index in [1.54, 1.807) is 12.1 Å². The summed E-state index contributed by atoms with van der Waals surface area (Å²) in [6, 6.07) is 9.33. The van der Waals surface area contributed by atoms with Crippen molar-refractivity contribution >= 4 is 23.2 Å². The van der Waals surface area contributed by atoms with Crippen LogP contribution in [0.4, 0.5) is 0 Å². The summed E-state index contributed by atoms with van der Waals surface area (Å²) >= 11 is 12.1. The van der Waals surface area contributed by atoms with Gasteiger partial charge in [-0.2, -0.15) is 0 Å². The van der Waals surface area contributed by atoms with Crippen LogP contribution in [0.25, 0.3) is 11.3 Å². The number of halogens is 2. The number of aryl methyl sites for hydroxylation is 1. The molecule has 0 spiro atoms. The van der Waals surface area contributed by atoms with Crippen LogP contribution < -0.4 is 0 Å². The van der Waals surface area contributed by atoms with Gasteiger partial charge in [-0.15, -0.1) is 0 Å². The largest absolute Gasteiger partial charge is 0.461 e. The maximum Gasteiger partial charge on any atom is 0.135 e. The number of rotatable bonds is 5. The Labute approximate surface area is 123 Å². The van der Waals surface area contributed by atoms with Gasteiger partial charge in [-0.05, 0) is 57.4 Å². The van der Waals surface area contributed by atoms with Gasteiger partial charge in [0.1, 0.15) is 11.5 Å². The fraction of sp³-hybridized carbons (Fsp3) is 0.333. The molecule has 0 saturated carbocycles. The van der Waals surface area contributed by atoms with Crippen molar-refractivity contribution in [3.05, 3.63) is 46.1 Å². The highest BCUT2D eigenvalue weighted by molar-refractivity contribution is 6.35. The van der Waals surface area contributed by atoms with Crippen LogP contribution in [0.2, 0.25) is 10.0 Å². The number of hydrogen-bond acceptors (Lipinski definition) is 2. The van der Waals surface area contributed by atoms with E-state index in [1.807, 2.05) is 18.2 Å². The molecule has 1 aromatic heterocycles. The van der Waals surface area contributed by atoms with Gasteiger partial charge in [-0.3, -0.25) is 0 Å². The Bertz CT molecular complexity index is 549. The van der Waals surface area contributed by atoms with E-state index in [4.69, 9.17) is 27.6 Å². The van der Waals surface area contributed by atoms with E-state index in [0.717, 1.165) is 36.5 Å². The minimum absolute atomic E-state index is 0.651. The van der Waals surface area contributed by atoms with Crippen molar-refractivity contribution in [3.8, 4) is 11.3 Å². The predicted molar refractivity (Wildman–Crippen MR) is 81.0 cm³/mol. The Morgan fingerprint density at radius 1 is 1.11 bits per heavy atom. The fourth-order valence-corrected chi connectivity index (χ4v) is 2.30. The quantitative estimate of drug-likeness (QED) is 0.792. The van der Waals surface area contributed by atoms with Crippen LogP contribution in [-0.2, 0) is 6.42 Å². The second-order valence-corrected chi connectivity index (χ2v) is 5.64. The third kappa shape index (κ3) is 4.00. The minimum Gasteiger partial charge on any atom is -0.461 e. The topological polar surface area (TPSA) is 16.4 Å². The fourth-order valence-electron chi connectivity index (χ4n) is 1.91. The molecule has 1 aromatic carbocycles. The average Bonchev–Trinajstić information content (AvgIpc) is 2.80. The smallest absolute Gasteiger partial charge is 0.135 e. The van der Waals surface area contributed by atoms with Gasteiger partial charge in [0.2, 0.25) is 0 Å². The molecule has 0 radical (unpaired) electrons. The molecule has 2 rings (SSSR count). The Hall–Kier alpha value is -0.960. The van der Waals surface area contributed by atoms with Crippen molar-refractivity contribution in [2.75, 3.05) is 20.6 Å². The molecule has 0 aliphatic rings. The van der Waals surface area contributed by atoms with Crippen molar-refractivity contribution in [2.45, 2.75) is 12.8 Å². The van der Waals surface area contributed by atoms with Crippen molar-refractivity contribution in [1.29, 1.82) is 0 Å². The second kappa shape index (κ2) is 6.47. The summed E-state index contributed by atoms with van der Waals surface area (Å²) in [5.41, 5.74) is 0.841. The highest BCUT2D eigenvalue weighted by Gasteiger charge is 2.09. The monoisotopic (exact) mass is 297 g/mol. The molecule has 2 nitrogen and oxygen atoms in total. The Balaban J connectivity index is 2.10. The van der Waals surface area contributed by atoms with Crippen molar-refractivity contribution < 1.29 is 4.42 Å². The molecule has 1 heterocycles. The summed E-state index contributed by atoms with van der Waals surface area (Å²) in [6.45, 7) is 1.05. The first kappa shape index (κ1) is 14.4. The maximum absolute atomic E-state index is 6.16. The molecule has 2 aromatic rings. The average molecular weight is 298 g/mol. The second-order valence-electron chi connectivity index (χ2n) is 4.80. The summed E-state index contributed by atoms with van der Waals surface area (Å²) < 4.78 is 5.83. The number of furan rings is 1. The Morgan fingerprint density at radius 2 is 1.89 bits per heavy atom. The van der Waals surface area contributed by atoms with Gasteiger partial charge in [0.05, 0.1) is 5.02 Å². The first-order chi connectivity index (χ1) is 9.06. The molecule has 0 N–H and O–H groups in total. The van der Waals surface area contributed by atoms with Crippen LogP contribution in [0.3, 0.4) is 0 Å². The maximum atomic E-state index is 6.16. The zero-order valence-corrected chi connectivity index (χ0v) is 12.6. The molecule has 0 aliphatic carbocycles. The molecular weight excluding hydrogens is 281 g/mol. The van der Waals surface area contributed by atoms with E-state index >= 15 is 0 Å². The highest BCUT2D eigenvalue weighted by Crippen LogP contribution is 2.31. The molecule has 102 valence electrons. The van der Waals surface area contributed by atoms with E-state index in [9.17, 15) is 0 Å². The van der Waals surface area contributed by atoms with E-state index in [2.05, 4.69) is 19.0 Å². The van der Waals surface area contributed by atoms with Gasteiger partial charge in [-0.25, -0.2) is 0 Å². The summed E-state index contributed by atoms with van der Waals surface area (Å²) in [4.78, 5) is 2.16. The first-order valence-electron chi connectivity index (χ1n) is 6.25. The van der Waals surface area contributed by atoms with Gasteiger partial charge < -0.3 is 9.32 Å². The molecule has 4 heteroatoms. The first-order valence-corrected chi connectivity index (χ1v) is 7.01. The van der Waals surface area contributed by atoms with Crippen LogP contribution in [-0.4, -0.2) is 25.5 Å². The van der Waals surface area contributed by atoms with E-state index < -0.39 is 0 Å². The minimum atomic E-state index is 0.651. The van der Waals surface area contributed by atoms with Crippen molar-refractivity contribution in [1.82, 2.24) is 4.90 Å². The molecule has 0 saturated heterocycles. The predicted octanol–water partition coefficient (Wildman–Crippen LogP) is 4.75. The molecule has 19 heavy (non-hydrogen) atoms. The normalized spacial score (nSPS) is 11.2. The van der Waals surface area contributed by atoms with E-state index in [-0.39, 0.29) is 0 Å². The van der Waals surface area contributed by atoms with Gasteiger partial charge in [0, 0.05) is 17.0 Å². The van der Waals surface area contributed by atoms with Crippen LogP contribution in [0.5, 0.6) is 0 Å². The number of hydrogen-bond donors (Lipinski definition) is 0. The molecular formula is C15H17Cl2NO. The Morgan fingerprint density at radius 3 is 2.63 bits per heavy atom. The molecule has 0 fully saturated rings. The molecule has 0 amide bonds. The van der Waals surface area contributed by atoms with Gasteiger partial charge in [0.25, 0.3) is 0 Å². The summed E-state index contributed by atoms with van der Waals surface area (Å²) in [5.74, 6) is 1.75. The summed E-state index contributed by atoms with van der Waals surface area (Å²) in [6.07, 6.45) is 2.00. The lowest BCUT2D eigenvalue weighted by atomic mass is 10.2. The number of benzene rings is 1.